The molecule has 0 fully saturated rings. The van der Waals surface area contributed by atoms with Crippen molar-refractivity contribution in [1.29, 1.82) is 0 Å². The van der Waals surface area contributed by atoms with Crippen LogP contribution < -0.4 is 14.6 Å². The fourth-order valence-corrected chi connectivity index (χ4v) is 1.89. The number of rotatable bonds is 5. The molecule has 0 spiro atoms. The smallest absolute Gasteiger partial charge is 0.241 e. The average Bonchev–Trinajstić information content (AvgIpc) is 2.27. The van der Waals surface area contributed by atoms with Crippen molar-refractivity contribution in [1.82, 2.24) is 0 Å². The van der Waals surface area contributed by atoms with Crippen LogP contribution in [-0.4, -0.2) is 21.6 Å². The van der Waals surface area contributed by atoms with E-state index in [-0.39, 0.29) is 16.7 Å². The molecule has 1 atom stereocenters. The predicted molar refractivity (Wildman–Crippen MR) is 64.7 cm³/mol. The Balaban J connectivity index is 3.21. The van der Waals surface area contributed by atoms with Crippen molar-refractivity contribution in [2.45, 2.75) is 31.3 Å². The third-order valence-corrected chi connectivity index (χ3v) is 3.31. The molecule has 1 unspecified atom stereocenters. The summed E-state index contributed by atoms with van der Waals surface area (Å²) in [6.45, 7) is 3.80. The monoisotopic (exact) mass is 259 g/mol. The van der Waals surface area contributed by atoms with Crippen LogP contribution in [0.3, 0.4) is 0 Å². The quantitative estimate of drug-likeness (QED) is 0.869. The number of ether oxygens (including phenoxy) is 2. The molecular weight excluding hydrogens is 242 g/mol. The average molecular weight is 259 g/mol. The number of sulfonamides is 1. The van der Waals surface area contributed by atoms with Crippen LogP contribution in [0, 0.1) is 0 Å². The second-order valence-electron chi connectivity index (χ2n) is 3.69. The highest BCUT2D eigenvalue weighted by Crippen LogP contribution is 2.28. The molecule has 0 heterocycles. The maximum Gasteiger partial charge on any atom is 0.241 e. The van der Waals surface area contributed by atoms with Crippen molar-refractivity contribution in [3.8, 4) is 11.5 Å². The van der Waals surface area contributed by atoms with E-state index in [1.54, 1.807) is 0 Å². The molecule has 0 bridgehead atoms. The summed E-state index contributed by atoms with van der Waals surface area (Å²) in [5, 5.41) is 5.12. The lowest BCUT2D eigenvalue weighted by molar-refractivity contribution is 0.210. The van der Waals surface area contributed by atoms with Gasteiger partial charge in [-0.2, -0.15) is 0 Å². The number of primary sulfonamides is 1. The molecular formula is C11H17NO4S. The summed E-state index contributed by atoms with van der Waals surface area (Å²) in [7, 11) is -2.29. The van der Waals surface area contributed by atoms with E-state index < -0.39 is 10.0 Å². The van der Waals surface area contributed by atoms with E-state index in [1.165, 1.54) is 25.3 Å². The van der Waals surface area contributed by atoms with Crippen LogP contribution in [0.4, 0.5) is 0 Å². The minimum atomic E-state index is -3.79. The Bertz CT molecular complexity index is 484. The van der Waals surface area contributed by atoms with Gasteiger partial charge >= 0.3 is 0 Å². The van der Waals surface area contributed by atoms with Gasteiger partial charge in [0.15, 0.2) is 0 Å². The van der Waals surface area contributed by atoms with Crippen LogP contribution in [0.1, 0.15) is 20.3 Å². The van der Waals surface area contributed by atoms with Crippen LogP contribution >= 0.6 is 0 Å². The van der Waals surface area contributed by atoms with Crippen molar-refractivity contribution in [3.05, 3.63) is 18.2 Å². The van der Waals surface area contributed by atoms with Gasteiger partial charge < -0.3 is 9.47 Å². The molecule has 2 N–H and O–H groups in total. The van der Waals surface area contributed by atoms with Gasteiger partial charge in [0.25, 0.3) is 0 Å². The maximum atomic E-state index is 11.4. The van der Waals surface area contributed by atoms with Crippen LogP contribution in [-0.2, 0) is 10.0 Å². The Morgan fingerprint density at radius 2 is 2.06 bits per heavy atom. The van der Waals surface area contributed by atoms with Gasteiger partial charge in [-0.05, 0) is 25.5 Å². The molecule has 1 aromatic rings. The first-order chi connectivity index (χ1) is 7.88. The van der Waals surface area contributed by atoms with E-state index in [2.05, 4.69) is 0 Å². The van der Waals surface area contributed by atoms with Crippen LogP contribution in [0.25, 0.3) is 0 Å². The van der Waals surface area contributed by atoms with E-state index in [0.29, 0.717) is 5.75 Å². The first-order valence-corrected chi connectivity index (χ1v) is 6.80. The lowest BCUT2D eigenvalue weighted by Gasteiger charge is -2.16. The third-order valence-electron chi connectivity index (χ3n) is 2.36. The molecule has 0 saturated heterocycles. The van der Waals surface area contributed by atoms with Gasteiger partial charge in [-0.25, -0.2) is 13.6 Å². The summed E-state index contributed by atoms with van der Waals surface area (Å²) in [5.74, 6) is 0.747. The van der Waals surface area contributed by atoms with Crippen molar-refractivity contribution in [2.24, 2.45) is 5.14 Å². The molecule has 96 valence electrons. The lowest BCUT2D eigenvalue weighted by atomic mass is 10.3. The molecule has 1 rings (SSSR count). The zero-order valence-corrected chi connectivity index (χ0v) is 11.0. The fraction of sp³-hybridized carbons (Fsp3) is 0.455. The van der Waals surface area contributed by atoms with Crippen molar-refractivity contribution in [3.63, 3.8) is 0 Å². The third kappa shape index (κ3) is 3.61. The zero-order chi connectivity index (χ0) is 13.1. The first kappa shape index (κ1) is 13.8. The molecule has 0 aromatic heterocycles. The van der Waals surface area contributed by atoms with Gasteiger partial charge in [0, 0.05) is 6.07 Å². The summed E-state index contributed by atoms with van der Waals surface area (Å²) in [4.78, 5) is -0.0291. The minimum absolute atomic E-state index is 0.0291. The van der Waals surface area contributed by atoms with Gasteiger partial charge in [-0.3, -0.25) is 0 Å². The van der Waals surface area contributed by atoms with Crippen molar-refractivity contribution >= 4 is 10.0 Å². The standard InChI is InChI=1S/C11H17NO4S/c1-4-8(2)16-10-7-9(15-3)5-6-11(10)17(12,13)14/h5-8H,4H2,1-3H3,(H2,12,13,14). The number of methoxy groups -OCH3 is 1. The molecule has 0 radical (unpaired) electrons. The van der Waals surface area contributed by atoms with Gasteiger partial charge in [-0.15, -0.1) is 0 Å². The van der Waals surface area contributed by atoms with Crippen molar-refractivity contribution in [2.75, 3.05) is 7.11 Å². The predicted octanol–water partition coefficient (Wildman–Crippen LogP) is 1.52. The van der Waals surface area contributed by atoms with E-state index in [4.69, 9.17) is 14.6 Å². The highest BCUT2D eigenvalue weighted by Gasteiger charge is 2.17. The van der Waals surface area contributed by atoms with Gasteiger partial charge in [0.05, 0.1) is 13.2 Å². The van der Waals surface area contributed by atoms with Crippen LogP contribution in [0.2, 0.25) is 0 Å². The van der Waals surface area contributed by atoms with E-state index in [1.807, 2.05) is 13.8 Å². The number of benzene rings is 1. The zero-order valence-electron chi connectivity index (χ0n) is 10.1. The topological polar surface area (TPSA) is 78.6 Å². The minimum Gasteiger partial charge on any atom is -0.497 e. The number of hydrogen-bond acceptors (Lipinski definition) is 4. The highest BCUT2D eigenvalue weighted by molar-refractivity contribution is 7.89. The summed E-state index contributed by atoms with van der Waals surface area (Å²) in [5.41, 5.74) is 0. The Labute approximate surface area is 102 Å². The molecule has 0 saturated carbocycles. The second kappa shape index (κ2) is 5.37. The Kier molecular flexibility index (Phi) is 4.36. The summed E-state index contributed by atoms with van der Waals surface area (Å²) >= 11 is 0. The molecule has 0 amide bonds. The van der Waals surface area contributed by atoms with Gasteiger partial charge in [0.2, 0.25) is 10.0 Å². The normalized spacial score (nSPS) is 13.2. The molecule has 5 nitrogen and oxygen atoms in total. The van der Waals surface area contributed by atoms with Crippen molar-refractivity contribution < 1.29 is 17.9 Å². The van der Waals surface area contributed by atoms with Gasteiger partial charge in [-0.1, -0.05) is 6.92 Å². The van der Waals surface area contributed by atoms with E-state index >= 15 is 0 Å². The Morgan fingerprint density at radius 3 is 2.53 bits per heavy atom. The summed E-state index contributed by atoms with van der Waals surface area (Å²) in [6, 6.07) is 4.43. The van der Waals surface area contributed by atoms with E-state index in [0.717, 1.165) is 6.42 Å². The van der Waals surface area contributed by atoms with Crippen LogP contribution in [0.15, 0.2) is 23.1 Å². The van der Waals surface area contributed by atoms with Crippen LogP contribution in [0.5, 0.6) is 11.5 Å². The van der Waals surface area contributed by atoms with Gasteiger partial charge in [0.1, 0.15) is 16.4 Å². The SMILES string of the molecule is CCC(C)Oc1cc(OC)ccc1S(N)(=O)=O. The first-order valence-electron chi connectivity index (χ1n) is 5.26. The summed E-state index contributed by atoms with van der Waals surface area (Å²) < 4.78 is 33.3. The molecule has 0 aliphatic heterocycles. The Hall–Kier alpha value is -1.27. The molecule has 1 aromatic carbocycles. The van der Waals surface area contributed by atoms with E-state index in [9.17, 15) is 8.42 Å². The largest absolute Gasteiger partial charge is 0.497 e. The maximum absolute atomic E-state index is 11.4. The molecule has 6 heteroatoms. The molecule has 0 aliphatic carbocycles. The highest BCUT2D eigenvalue weighted by atomic mass is 32.2. The lowest BCUT2D eigenvalue weighted by Crippen LogP contribution is -2.17. The molecule has 0 aliphatic rings. The molecule has 17 heavy (non-hydrogen) atoms. The Morgan fingerprint density at radius 1 is 1.41 bits per heavy atom. The fourth-order valence-electron chi connectivity index (χ4n) is 1.24. The number of hydrogen-bond donors (Lipinski definition) is 1. The summed E-state index contributed by atoms with van der Waals surface area (Å²) in [6.07, 6.45) is 0.670. The second-order valence-corrected chi connectivity index (χ2v) is 5.22. The number of nitrogens with two attached hydrogens (primary N) is 1.